The van der Waals surface area contributed by atoms with Gasteiger partial charge in [0.25, 0.3) is 11.8 Å². The van der Waals surface area contributed by atoms with Gasteiger partial charge in [-0.25, -0.2) is 0 Å². The first-order valence-electron chi connectivity index (χ1n) is 14.2. The number of aromatic nitrogens is 1. The predicted molar refractivity (Wildman–Crippen MR) is 142 cm³/mol. The Morgan fingerprint density at radius 2 is 1.71 bits per heavy atom. The van der Waals surface area contributed by atoms with Crippen molar-refractivity contribution >= 4 is 29.5 Å². The van der Waals surface area contributed by atoms with E-state index < -0.39 is 23.3 Å². The third-order valence-corrected chi connectivity index (χ3v) is 10.5. The number of nitrogens with zero attached hydrogens (tertiary/aromatic N) is 1. The van der Waals surface area contributed by atoms with E-state index in [2.05, 4.69) is 15.8 Å². The van der Waals surface area contributed by atoms with Crippen LogP contribution in [0.5, 0.6) is 5.88 Å². The van der Waals surface area contributed by atoms with Gasteiger partial charge in [-0.1, -0.05) is 19.3 Å². The predicted octanol–water partition coefficient (Wildman–Crippen LogP) is 4.65. The number of hydrogen-bond acceptors (Lipinski definition) is 7. The number of nitrogens with one attached hydrogen (secondary N) is 2. The number of rotatable bonds is 10. The molecular formula is C28H41N3O6S. The molecular weight excluding hydrogens is 506 g/mol. The van der Waals surface area contributed by atoms with E-state index in [4.69, 9.17) is 14.4 Å². The molecule has 2 amide bonds. The van der Waals surface area contributed by atoms with E-state index in [0.717, 1.165) is 37.5 Å². The summed E-state index contributed by atoms with van der Waals surface area (Å²) in [5, 5.41) is 19.4. The van der Waals surface area contributed by atoms with Gasteiger partial charge >= 0.3 is 5.97 Å². The van der Waals surface area contributed by atoms with Gasteiger partial charge in [-0.15, -0.1) is 11.8 Å². The van der Waals surface area contributed by atoms with Crippen molar-refractivity contribution in [3.8, 4) is 5.88 Å². The maximum Gasteiger partial charge on any atom is 0.325 e. The van der Waals surface area contributed by atoms with Gasteiger partial charge in [0, 0.05) is 11.3 Å². The molecule has 3 N–H and O–H groups in total. The number of carboxylic acid groups (broad SMARTS) is 1. The zero-order chi connectivity index (χ0) is 27.0. The minimum atomic E-state index is -1.10. The Morgan fingerprint density at radius 3 is 2.32 bits per heavy atom. The molecule has 9 nitrogen and oxygen atoms in total. The summed E-state index contributed by atoms with van der Waals surface area (Å²) < 4.78 is 11.6. The molecule has 0 aliphatic heterocycles. The van der Waals surface area contributed by atoms with Crippen molar-refractivity contribution in [2.24, 2.45) is 29.1 Å². The number of carbonyl (C=O) groups is 3. The summed E-state index contributed by atoms with van der Waals surface area (Å²) in [7, 11) is 0. The van der Waals surface area contributed by atoms with E-state index in [9.17, 15) is 14.4 Å². The fourth-order valence-corrected chi connectivity index (χ4v) is 8.44. The molecule has 0 aromatic carbocycles. The molecule has 1 heterocycles. The van der Waals surface area contributed by atoms with E-state index in [1.165, 1.54) is 45.4 Å². The highest BCUT2D eigenvalue weighted by atomic mass is 32.2. The van der Waals surface area contributed by atoms with Crippen molar-refractivity contribution in [1.82, 2.24) is 15.8 Å². The highest BCUT2D eigenvalue weighted by molar-refractivity contribution is 8.00. The number of hydrogen-bond donors (Lipinski definition) is 3. The van der Waals surface area contributed by atoms with Crippen LogP contribution in [0.3, 0.4) is 0 Å². The second-order valence-electron chi connectivity index (χ2n) is 12.7. The Kier molecular flexibility index (Phi) is 7.99. The number of ether oxygens (including phenoxy) is 1. The molecule has 6 rings (SSSR count). The van der Waals surface area contributed by atoms with Crippen LogP contribution in [0.2, 0.25) is 0 Å². The standard InChI is InChI=1S/C28H41N3O6S/c1-15(26(33)34)29-27(35)28(2,3)14-36-25-23(38-20-7-5-4-6-8-20)22(37-31-25)24(32)30-21-18-10-16-9-17(12-18)13-19(21)11-16/h15-21H,4-14H2,1-3H3,(H,29,35)(H,30,32)(H,33,34)/t15-,16?,17?,18?,19?,21?/m0/s1. The zero-order valence-electron chi connectivity index (χ0n) is 22.7. The summed E-state index contributed by atoms with van der Waals surface area (Å²) in [4.78, 5) is 38.0. The van der Waals surface area contributed by atoms with E-state index in [1.54, 1.807) is 25.6 Å². The molecule has 210 valence electrons. The second-order valence-corrected chi connectivity index (χ2v) is 14.0. The quantitative estimate of drug-likeness (QED) is 0.386. The van der Waals surface area contributed by atoms with Crippen molar-refractivity contribution in [1.29, 1.82) is 0 Å². The van der Waals surface area contributed by atoms with Crippen LogP contribution in [0.25, 0.3) is 0 Å². The first-order valence-corrected chi connectivity index (χ1v) is 15.1. The van der Waals surface area contributed by atoms with Crippen LogP contribution in [0.4, 0.5) is 0 Å². The largest absolute Gasteiger partial charge is 0.480 e. The van der Waals surface area contributed by atoms with Gasteiger partial charge in [-0.2, -0.15) is 0 Å². The number of carbonyl (C=O) groups excluding carboxylic acids is 2. The molecule has 1 aromatic heterocycles. The van der Waals surface area contributed by atoms with Crippen LogP contribution in [0.1, 0.15) is 95.5 Å². The minimum absolute atomic E-state index is 0.0352. The first kappa shape index (κ1) is 27.3. The smallest absolute Gasteiger partial charge is 0.325 e. The second kappa shape index (κ2) is 11.1. The van der Waals surface area contributed by atoms with Crippen molar-refractivity contribution in [3.05, 3.63) is 5.76 Å². The van der Waals surface area contributed by atoms with Crippen LogP contribution in [0, 0.1) is 29.1 Å². The lowest BCUT2D eigenvalue weighted by molar-refractivity contribution is -0.143. The molecule has 0 saturated heterocycles. The van der Waals surface area contributed by atoms with Gasteiger partial charge in [0.2, 0.25) is 11.7 Å². The molecule has 0 radical (unpaired) electrons. The van der Waals surface area contributed by atoms with Crippen LogP contribution in [-0.2, 0) is 9.59 Å². The summed E-state index contributed by atoms with van der Waals surface area (Å²) in [5.74, 6) is 1.42. The average Bonchev–Trinajstić information content (AvgIpc) is 3.27. The Morgan fingerprint density at radius 1 is 1.08 bits per heavy atom. The van der Waals surface area contributed by atoms with Gasteiger partial charge in [-0.3, -0.25) is 14.4 Å². The summed E-state index contributed by atoms with van der Waals surface area (Å²) in [6.45, 7) is 4.75. The van der Waals surface area contributed by atoms with Crippen LogP contribution in [-0.4, -0.2) is 52.0 Å². The van der Waals surface area contributed by atoms with Crippen molar-refractivity contribution in [2.45, 2.75) is 107 Å². The SMILES string of the molecule is C[C@H](NC(=O)C(C)(C)COc1noc(C(=O)NC2C3CC4CC(C3)CC2C4)c1SC1CCCCC1)C(=O)O. The molecule has 4 bridgehead atoms. The van der Waals surface area contributed by atoms with Gasteiger partial charge in [-0.05, 0) is 94.5 Å². The molecule has 1 atom stereocenters. The topological polar surface area (TPSA) is 131 Å². The lowest BCUT2D eigenvalue weighted by Gasteiger charge is -2.54. The Hall–Kier alpha value is -2.23. The normalized spacial score (nSPS) is 29.6. The van der Waals surface area contributed by atoms with Gasteiger partial charge in [0.15, 0.2) is 0 Å². The lowest BCUT2D eigenvalue weighted by atomic mass is 9.54. The minimum Gasteiger partial charge on any atom is -0.480 e. The zero-order valence-corrected chi connectivity index (χ0v) is 23.5. The Balaban J connectivity index is 1.30. The first-order chi connectivity index (χ1) is 18.1. The van der Waals surface area contributed by atoms with E-state index in [-0.39, 0.29) is 30.2 Å². The molecule has 1 aromatic rings. The van der Waals surface area contributed by atoms with Crippen molar-refractivity contribution < 1.29 is 28.8 Å². The lowest BCUT2D eigenvalue weighted by Crippen LogP contribution is -2.55. The maximum absolute atomic E-state index is 13.6. The molecule has 5 saturated carbocycles. The summed E-state index contributed by atoms with van der Waals surface area (Å²) >= 11 is 1.60. The highest BCUT2D eigenvalue weighted by Crippen LogP contribution is 2.54. The molecule has 5 aliphatic rings. The Bertz CT molecular complexity index is 1020. The van der Waals surface area contributed by atoms with Gasteiger partial charge in [0.1, 0.15) is 17.5 Å². The van der Waals surface area contributed by atoms with Gasteiger partial charge in [0.05, 0.1) is 5.41 Å². The molecule has 10 heteroatoms. The number of carboxylic acids is 1. The summed E-state index contributed by atoms with van der Waals surface area (Å²) in [6.07, 6.45) is 11.9. The van der Waals surface area contributed by atoms with E-state index in [1.807, 2.05) is 0 Å². The van der Waals surface area contributed by atoms with Crippen LogP contribution in [0.15, 0.2) is 9.42 Å². The Labute approximate surface area is 228 Å². The third-order valence-electron chi connectivity index (χ3n) is 9.09. The molecule has 0 unspecified atom stereocenters. The molecule has 5 fully saturated rings. The molecule has 5 aliphatic carbocycles. The third kappa shape index (κ3) is 5.84. The van der Waals surface area contributed by atoms with E-state index >= 15 is 0 Å². The maximum atomic E-state index is 13.6. The number of amides is 2. The number of thioether (sulfide) groups is 1. The molecule has 0 spiro atoms. The fraction of sp³-hybridized carbons (Fsp3) is 0.786. The van der Waals surface area contributed by atoms with Crippen LogP contribution < -0.4 is 15.4 Å². The fourth-order valence-electron chi connectivity index (χ4n) is 7.10. The monoisotopic (exact) mass is 547 g/mol. The highest BCUT2D eigenvalue weighted by Gasteiger charge is 2.49. The molecule has 38 heavy (non-hydrogen) atoms. The summed E-state index contributed by atoms with van der Waals surface area (Å²) in [6, 6.07) is -0.817. The average molecular weight is 548 g/mol. The van der Waals surface area contributed by atoms with Gasteiger partial charge < -0.3 is 25.0 Å². The van der Waals surface area contributed by atoms with Crippen molar-refractivity contribution in [2.75, 3.05) is 6.61 Å². The van der Waals surface area contributed by atoms with Crippen LogP contribution >= 0.6 is 11.8 Å². The summed E-state index contributed by atoms with van der Waals surface area (Å²) in [5.41, 5.74) is -1.02. The van der Waals surface area contributed by atoms with Crippen molar-refractivity contribution in [3.63, 3.8) is 0 Å². The number of aliphatic carboxylic acids is 1. The van der Waals surface area contributed by atoms with E-state index in [0.29, 0.717) is 22.0 Å².